The van der Waals surface area contributed by atoms with Crippen molar-refractivity contribution >= 4 is 46.5 Å². The molecule has 1 unspecified atom stereocenters. The van der Waals surface area contributed by atoms with E-state index in [1.165, 1.54) is 0 Å². The van der Waals surface area contributed by atoms with Crippen LogP contribution in [0.25, 0.3) is 5.69 Å². The first-order chi connectivity index (χ1) is 18.4. The lowest BCUT2D eigenvalue weighted by Gasteiger charge is -2.39. The van der Waals surface area contributed by atoms with E-state index in [-0.39, 0.29) is 35.6 Å². The quantitative estimate of drug-likeness (QED) is 0.288. The number of carbonyl (C=O) groups excluding carboxylic acids is 2. The summed E-state index contributed by atoms with van der Waals surface area (Å²) in [5.41, 5.74) is 5.30. The Morgan fingerprint density at radius 2 is 1.66 bits per heavy atom. The number of amides is 3. The highest BCUT2D eigenvalue weighted by Crippen LogP contribution is 2.42. The van der Waals surface area contributed by atoms with Crippen molar-refractivity contribution < 1.29 is 9.59 Å². The van der Waals surface area contributed by atoms with Gasteiger partial charge in [0, 0.05) is 12.2 Å². The molecule has 0 spiro atoms. The fourth-order valence-electron chi connectivity index (χ4n) is 5.09. The van der Waals surface area contributed by atoms with Gasteiger partial charge >= 0.3 is 6.03 Å². The normalized spacial score (nSPS) is 16.0. The number of rotatable bonds is 5. The van der Waals surface area contributed by atoms with Gasteiger partial charge in [0.25, 0.3) is 0 Å². The van der Waals surface area contributed by atoms with E-state index in [2.05, 4.69) is 34.1 Å². The van der Waals surface area contributed by atoms with Crippen LogP contribution in [0.3, 0.4) is 0 Å². The van der Waals surface area contributed by atoms with Crippen molar-refractivity contribution in [1.82, 2.24) is 9.47 Å². The maximum absolute atomic E-state index is 14.2. The number of hydrogen-bond acceptors (Lipinski definition) is 2. The highest BCUT2D eigenvalue weighted by Gasteiger charge is 2.40. The van der Waals surface area contributed by atoms with Crippen LogP contribution >= 0.6 is 23.2 Å². The molecule has 1 aliphatic carbocycles. The molecule has 6 rings (SSSR count). The Bertz CT molecular complexity index is 1530. The molecule has 1 aliphatic heterocycles. The third-order valence-corrected chi connectivity index (χ3v) is 7.95. The molecule has 8 heteroatoms. The molecule has 38 heavy (non-hydrogen) atoms. The van der Waals surface area contributed by atoms with Gasteiger partial charge in [-0.1, -0.05) is 71.2 Å². The second-order valence-corrected chi connectivity index (χ2v) is 10.5. The number of nitrogens with zero attached hydrogens (tertiary/aromatic N) is 3. The number of fused-ring (bicyclic) bond motifs is 3. The smallest absolute Gasteiger partial charge is 0.316 e. The van der Waals surface area contributed by atoms with Crippen LogP contribution in [0.15, 0.2) is 85.1 Å². The van der Waals surface area contributed by atoms with Gasteiger partial charge < -0.3 is 14.8 Å². The molecule has 192 valence electrons. The minimum Gasteiger partial charge on any atom is -0.316 e. The summed E-state index contributed by atoms with van der Waals surface area (Å²) >= 11 is 12.5. The summed E-state index contributed by atoms with van der Waals surface area (Å²) in [6.45, 7) is 1.98. The Labute approximate surface area is 231 Å². The molecule has 2 heterocycles. The Hall–Kier alpha value is -3.74. The topological polar surface area (TPSA) is 57.6 Å². The van der Waals surface area contributed by atoms with E-state index in [0.29, 0.717) is 10.7 Å². The molecule has 0 radical (unpaired) electrons. The van der Waals surface area contributed by atoms with Crippen LogP contribution in [0.1, 0.15) is 35.7 Å². The molecular formula is C30H26Cl2N4O2. The first-order valence-electron chi connectivity index (χ1n) is 12.6. The fourth-order valence-corrected chi connectivity index (χ4v) is 5.44. The van der Waals surface area contributed by atoms with E-state index in [0.717, 1.165) is 41.0 Å². The van der Waals surface area contributed by atoms with Crippen LogP contribution in [0.5, 0.6) is 0 Å². The molecule has 3 aromatic carbocycles. The molecular weight excluding hydrogens is 519 g/mol. The lowest BCUT2D eigenvalue weighted by Crippen LogP contribution is -2.48. The van der Waals surface area contributed by atoms with Crippen molar-refractivity contribution in [1.29, 1.82) is 0 Å². The van der Waals surface area contributed by atoms with Crippen LogP contribution in [0.2, 0.25) is 10.0 Å². The molecule has 0 saturated heterocycles. The number of anilines is 2. The summed E-state index contributed by atoms with van der Waals surface area (Å²) in [4.78, 5) is 31.1. The number of urea groups is 1. The molecule has 1 aromatic heterocycles. The zero-order valence-electron chi connectivity index (χ0n) is 20.8. The molecule has 1 saturated carbocycles. The third-order valence-electron chi connectivity index (χ3n) is 7.13. The largest absolute Gasteiger partial charge is 0.322 e. The van der Waals surface area contributed by atoms with Crippen molar-refractivity contribution in [3.8, 4) is 5.69 Å². The zero-order chi connectivity index (χ0) is 26.4. The second-order valence-electron chi connectivity index (χ2n) is 9.76. The van der Waals surface area contributed by atoms with Gasteiger partial charge in [0.05, 0.1) is 32.8 Å². The molecule has 6 nitrogen and oxygen atoms in total. The summed E-state index contributed by atoms with van der Waals surface area (Å²) < 4.78 is 2.14. The minimum absolute atomic E-state index is 0.00127. The summed E-state index contributed by atoms with van der Waals surface area (Å²) in [6.07, 6.45) is 3.73. The Morgan fingerprint density at radius 1 is 0.921 bits per heavy atom. The molecule has 2 aliphatic rings. The van der Waals surface area contributed by atoms with Crippen LogP contribution < -0.4 is 10.2 Å². The van der Waals surface area contributed by atoms with E-state index in [4.69, 9.17) is 23.2 Å². The standard InChI is InChI=1S/C30H26Cl2N4O2/c1-19-11-13-20(14-12-19)29-26-10-5-17-34(26)24-8-2-3-9-25(24)36(29)27(37)18-35(21-15-16-21)30(38)33-23-7-4-6-22(31)28(23)32/h2-14,17,21,29H,15-16,18H2,1H3,(H,33,38). The van der Waals surface area contributed by atoms with Crippen molar-refractivity contribution in [2.75, 3.05) is 16.8 Å². The Balaban J connectivity index is 1.36. The third kappa shape index (κ3) is 4.44. The molecule has 0 bridgehead atoms. The van der Waals surface area contributed by atoms with Gasteiger partial charge in [0.2, 0.25) is 5.91 Å². The molecule has 3 amide bonds. The predicted octanol–water partition coefficient (Wildman–Crippen LogP) is 7.23. The van der Waals surface area contributed by atoms with Gasteiger partial charge in [-0.25, -0.2) is 4.79 Å². The number of para-hydroxylation sites is 2. The Morgan fingerprint density at radius 3 is 2.39 bits per heavy atom. The molecule has 1 N–H and O–H groups in total. The highest BCUT2D eigenvalue weighted by molar-refractivity contribution is 6.44. The number of carbonyl (C=O) groups is 2. The number of aromatic nitrogens is 1. The summed E-state index contributed by atoms with van der Waals surface area (Å²) in [6, 6.07) is 24.6. The molecule has 1 fully saturated rings. The van der Waals surface area contributed by atoms with Crippen molar-refractivity contribution in [2.24, 2.45) is 0 Å². The average Bonchev–Trinajstić information content (AvgIpc) is 3.64. The van der Waals surface area contributed by atoms with Gasteiger partial charge in [0.1, 0.15) is 12.6 Å². The monoisotopic (exact) mass is 544 g/mol. The van der Waals surface area contributed by atoms with Gasteiger partial charge in [-0.15, -0.1) is 0 Å². The first kappa shape index (κ1) is 24.6. The predicted molar refractivity (Wildman–Crippen MR) is 151 cm³/mol. The van der Waals surface area contributed by atoms with Crippen LogP contribution in [-0.2, 0) is 4.79 Å². The van der Waals surface area contributed by atoms with E-state index >= 15 is 0 Å². The van der Waals surface area contributed by atoms with Crippen molar-refractivity contribution in [3.63, 3.8) is 0 Å². The van der Waals surface area contributed by atoms with Crippen LogP contribution in [0, 0.1) is 6.92 Å². The number of nitrogens with one attached hydrogen (secondary N) is 1. The summed E-state index contributed by atoms with van der Waals surface area (Å²) in [5.74, 6) is -0.158. The molecule has 4 aromatic rings. The number of hydrogen-bond donors (Lipinski definition) is 1. The lowest BCUT2D eigenvalue weighted by atomic mass is 9.97. The summed E-state index contributed by atoms with van der Waals surface area (Å²) in [5, 5.41) is 3.48. The maximum Gasteiger partial charge on any atom is 0.322 e. The van der Waals surface area contributed by atoms with Crippen molar-refractivity contribution in [3.05, 3.63) is 112 Å². The van der Waals surface area contributed by atoms with E-state index in [9.17, 15) is 9.59 Å². The number of aryl methyl sites for hydroxylation is 1. The SMILES string of the molecule is Cc1ccc(C2c3cccn3-c3ccccc3N2C(=O)CN(C(=O)Nc2cccc(Cl)c2Cl)C2CC2)cc1. The van der Waals surface area contributed by atoms with Gasteiger partial charge in [-0.2, -0.15) is 0 Å². The first-order valence-corrected chi connectivity index (χ1v) is 13.3. The Kier molecular flexibility index (Phi) is 6.38. The van der Waals surface area contributed by atoms with E-state index in [1.54, 1.807) is 23.1 Å². The van der Waals surface area contributed by atoms with Crippen LogP contribution in [0.4, 0.5) is 16.2 Å². The zero-order valence-corrected chi connectivity index (χ0v) is 22.3. The fraction of sp³-hybridized carbons (Fsp3) is 0.200. The van der Waals surface area contributed by atoms with E-state index < -0.39 is 0 Å². The van der Waals surface area contributed by atoms with Gasteiger partial charge in [-0.3, -0.25) is 9.69 Å². The number of halogens is 2. The van der Waals surface area contributed by atoms with Crippen molar-refractivity contribution in [2.45, 2.75) is 31.8 Å². The molecule has 1 atom stereocenters. The maximum atomic E-state index is 14.2. The second kappa shape index (κ2) is 9.86. The minimum atomic E-state index is -0.370. The summed E-state index contributed by atoms with van der Waals surface area (Å²) in [7, 11) is 0. The average molecular weight is 545 g/mol. The van der Waals surface area contributed by atoms with Crippen LogP contribution in [-0.4, -0.2) is 34.0 Å². The van der Waals surface area contributed by atoms with E-state index in [1.807, 2.05) is 54.4 Å². The van der Waals surface area contributed by atoms with Gasteiger partial charge in [0.15, 0.2) is 0 Å². The highest BCUT2D eigenvalue weighted by atomic mass is 35.5. The number of benzene rings is 3. The van der Waals surface area contributed by atoms with Gasteiger partial charge in [-0.05, 0) is 61.7 Å². The lowest BCUT2D eigenvalue weighted by molar-refractivity contribution is -0.119.